The molecule has 1 N–H and O–H groups in total. The molecule has 5 nitrogen and oxygen atoms in total. The summed E-state index contributed by atoms with van der Waals surface area (Å²) in [4.78, 5) is 2.21. The molecule has 0 unspecified atom stereocenters. The number of hydrogen-bond donors (Lipinski definition) is 1. The van der Waals surface area contributed by atoms with Gasteiger partial charge in [-0.15, -0.1) is 0 Å². The number of hydrogen-bond acceptors (Lipinski definition) is 4. The van der Waals surface area contributed by atoms with E-state index in [4.69, 9.17) is 5.11 Å². The summed E-state index contributed by atoms with van der Waals surface area (Å²) >= 11 is 0. The molecular formula is C14H22N2O3S. The van der Waals surface area contributed by atoms with Crippen LogP contribution in [0, 0.1) is 6.92 Å². The molecule has 0 spiro atoms. The van der Waals surface area contributed by atoms with Crippen LogP contribution in [0.1, 0.15) is 12.0 Å². The molecule has 2 rings (SSSR count). The maximum Gasteiger partial charge on any atom is 0.214 e. The smallest absolute Gasteiger partial charge is 0.214 e. The zero-order valence-electron chi connectivity index (χ0n) is 11.8. The summed E-state index contributed by atoms with van der Waals surface area (Å²) in [6.45, 7) is 4.43. The Kier molecular flexibility index (Phi) is 5.01. The molecule has 6 heteroatoms. The van der Waals surface area contributed by atoms with Gasteiger partial charge < -0.3 is 10.0 Å². The van der Waals surface area contributed by atoms with Gasteiger partial charge in [0, 0.05) is 38.5 Å². The predicted octanol–water partition coefficient (Wildman–Crippen LogP) is 0.829. The SMILES string of the molecule is Cc1cccc(N2CCN(S(=O)(=O)CCCO)CC2)c1. The highest BCUT2D eigenvalue weighted by Gasteiger charge is 2.26. The first kappa shape index (κ1) is 15.3. The minimum Gasteiger partial charge on any atom is -0.396 e. The summed E-state index contributed by atoms with van der Waals surface area (Å²) in [5.41, 5.74) is 2.36. The molecule has 0 bridgehead atoms. The molecule has 1 fully saturated rings. The van der Waals surface area contributed by atoms with E-state index in [1.807, 2.05) is 6.07 Å². The zero-order chi connectivity index (χ0) is 14.6. The van der Waals surface area contributed by atoms with Crippen LogP contribution in [0.25, 0.3) is 0 Å². The third-order valence-electron chi connectivity index (χ3n) is 3.56. The fourth-order valence-electron chi connectivity index (χ4n) is 2.43. The van der Waals surface area contributed by atoms with E-state index in [2.05, 4.69) is 30.0 Å². The predicted molar refractivity (Wildman–Crippen MR) is 80.5 cm³/mol. The Balaban J connectivity index is 1.95. The van der Waals surface area contributed by atoms with Crippen molar-refractivity contribution in [2.24, 2.45) is 0 Å². The molecule has 1 aliphatic heterocycles. The van der Waals surface area contributed by atoms with Crippen molar-refractivity contribution in [3.8, 4) is 0 Å². The number of sulfonamides is 1. The molecule has 112 valence electrons. The van der Waals surface area contributed by atoms with E-state index >= 15 is 0 Å². The summed E-state index contributed by atoms with van der Waals surface area (Å²) < 4.78 is 25.6. The molecule has 0 saturated carbocycles. The maximum absolute atomic E-state index is 12.0. The Morgan fingerprint density at radius 1 is 1.20 bits per heavy atom. The number of piperazine rings is 1. The average molecular weight is 298 g/mol. The Labute approximate surface area is 120 Å². The van der Waals surface area contributed by atoms with Gasteiger partial charge in [0.2, 0.25) is 10.0 Å². The molecule has 1 aliphatic rings. The number of benzene rings is 1. The van der Waals surface area contributed by atoms with Crippen LogP contribution in [0.3, 0.4) is 0 Å². The van der Waals surface area contributed by atoms with Gasteiger partial charge in [0.05, 0.1) is 5.75 Å². The second kappa shape index (κ2) is 6.56. The Morgan fingerprint density at radius 3 is 2.50 bits per heavy atom. The lowest BCUT2D eigenvalue weighted by atomic mass is 10.2. The number of rotatable bonds is 5. The average Bonchev–Trinajstić information content (AvgIpc) is 2.45. The largest absolute Gasteiger partial charge is 0.396 e. The van der Waals surface area contributed by atoms with Gasteiger partial charge in [-0.05, 0) is 31.0 Å². The van der Waals surface area contributed by atoms with E-state index in [1.165, 1.54) is 9.87 Å². The summed E-state index contributed by atoms with van der Waals surface area (Å²) in [5, 5.41) is 8.75. The van der Waals surface area contributed by atoms with Gasteiger partial charge in [-0.2, -0.15) is 4.31 Å². The quantitative estimate of drug-likeness (QED) is 0.874. The van der Waals surface area contributed by atoms with Crippen LogP contribution in [-0.2, 0) is 10.0 Å². The fraction of sp³-hybridized carbons (Fsp3) is 0.571. The summed E-state index contributed by atoms with van der Waals surface area (Å²) in [6, 6.07) is 8.26. The van der Waals surface area contributed by atoms with Gasteiger partial charge >= 0.3 is 0 Å². The van der Waals surface area contributed by atoms with Crippen LogP contribution in [0.2, 0.25) is 0 Å². The molecule has 1 heterocycles. The van der Waals surface area contributed by atoms with E-state index in [0.717, 1.165) is 5.69 Å². The van der Waals surface area contributed by atoms with Gasteiger partial charge in [-0.25, -0.2) is 8.42 Å². The summed E-state index contributed by atoms with van der Waals surface area (Å²) in [6.07, 6.45) is 0.306. The van der Waals surface area contributed by atoms with Crippen LogP contribution in [0.4, 0.5) is 5.69 Å². The molecule has 0 atom stereocenters. The van der Waals surface area contributed by atoms with Crippen molar-refractivity contribution in [3.63, 3.8) is 0 Å². The molecule has 0 aromatic heterocycles. The van der Waals surface area contributed by atoms with E-state index < -0.39 is 10.0 Å². The van der Waals surface area contributed by atoms with Crippen LogP contribution in [0.15, 0.2) is 24.3 Å². The third-order valence-corrected chi connectivity index (χ3v) is 5.52. The van der Waals surface area contributed by atoms with Crippen LogP contribution in [-0.4, -0.2) is 56.4 Å². The minimum atomic E-state index is -3.21. The number of aliphatic hydroxyl groups excluding tert-OH is 1. The summed E-state index contributed by atoms with van der Waals surface area (Å²) in [5.74, 6) is 0.0357. The van der Waals surface area contributed by atoms with Gasteiger partial charge in [0.25, 0.3) is 0 Å². The minimum absolute atomic E-state index is 0.0357. The van der Waals surface area contributed by atoms with Gasteiger partial charge in [0.1, 0.15) is 0 Å². The third kappa shape index (κ3) is 3.71. The van der Waals surface area contributed by atoms with Crippen LogP contribution < -0.4 is 4.90 Å². The van der Waals surface area contributed by atoms with Gasteiger partial charge in [0.15, 0.2) is 0 Å². The molecule has 0 aliphatic carbocycles. The Morgan fingerprint density at radius 2 is 1.90 bits per heavy atom. The highest BCUT2D eigenvalue weighted by Crippen LogP contribution is 2.19. The van der Waals surface area contributed by atoms with Crippen LogP contribution >= 0.6 is 0 Å². The van der Waals surface area contributed by atoms with Crippen LogP contribution in [0.5, 0.6) is 0 Å². The molecule has 1 saturated heterocycles. The standard InChI is InChI=1S/C14H22N2O3S/c1-13-4-2-5-14(12-13)15-6-8-16(9-7-15)20(18,19)11-3-10-17/h2,4-5,12,17H,3,6-11H2,1H3. The van der Waals surface area contributed by atoms with Gasteiger partial charge in [-0.3, -0.25) is 0 Å². The van der Waals surface area contributed by atoms with Crippen molar-refractivity contribution in [1.82, 2.24) is 4.31 Å². The Hall–Kier alpha value is -1.11. The lowest BCUT2D eigenvalue weighted by molar-refractivity contribution is 0.293. The topological polar surface area (TPSA) is 60.9 Å². The first-order valence-corrected chi connectivity index (χ1v) is 8.54. The molecule has 0 radical (unpaired) electrons. The normalized spacial score (nSPS) is 17.4. The lowest BCUT2D eigenvalue weighted by Gasteiger charge is -2.35. The van der Waals surface area contributed by atoms with Crippen molar-refractivity contribution >= 4 is 15.7 Å². The number of nitrogens with zero attached hydrogens (tertiary/aromatic N) is 2. The number of aryl methyl sites for hydroxylation is 1. The number of aliphatic hydroxyl groups is 1. The maximum atomic E-state index is 12.0. The lowest BCUT2D eigenvalue weighted by Crippen LogP contribution is -2.49. The first-order valence-electron chi connectivity index (χ1n) is 6.93. The van der Waals surface area contributed by atoms with E-state index in [0.29, 0.717) is 32.6 Å². The highest BCUT2D eigenvalue weighted by atomic mass is 32.2. The molecule has 20 heavy (non-hydrogen) atoms. The van der Waals surface area contributed by atoms with Crippen molar-refractivity contribution in [1.29, 1.82) is 0 Å². The fourth-order valence-corrected chi connectivity index (χ4v) is 3.90. The van der Waals surface area contributed by atoms with Crippen molar-refractivity contribution in [2.75, 3.05) is 43.4 Å². The van der Waals surface area contributed by atoms with E-state index in [9.17, 15) is 8.42 Å². The van der Waals surface area contributed by atoms with E-state index in [1.54, 1.807) is 0 Å². The van der Waals surface area contributed by atoms with Crippen molar-refractivity contribution in [3.05, 3.63) is 29.8 Å². The first-order chi connectivity index (χ1) is 9.53. The monoisotopic (exact) mass is 298 g/mol. The Bertz CT molecular complexity index is 537. The van der Waals surface area contributed by atoms with Crippen molar-refractivity contribution in [2.45, 2.75) is 13.3 Å². The molecule has 0 amide bonds. The van der Waals surface area contributed by atoms with Gasteiger partial charge in [-0.1, -0.05) is 12.1 Å². The second-order valence-electron chi connectivity index (χ2n) is 5.12. The van der Waals surface area contributed by atoms with Crippen molar-refractivity contribution < 1.29 is 13.5 Å². The molecular weight excluding hydrogens is 276 g/mol. The molecule has 1 aromatic rings. The molecule has 1 aromatic carbocycles. The zero-order valence-corrected chi connectivity index (χ0v) is 12.6. The second-order valence-corrected chi connectivity index (χ2v) is 7.21. The highest BCUT2D eigenvalue weighted by molar-refractivity contribution is 7.89. The summed E-state index contributed by atoms with van der Waals surface area (Å²) in [7, 11) is -3.21. The van der Waals surface area contributed by atoms with E-state index in [-0.39, 0.29) is 12.4 Å². The number of anilines is 1.